The van der Waals surface area contributed by atoms with Gasteiger partial charge in [0.15, 0.2) is 11.5 Å². The Kier molecular flexibility index (Phi) is 8.64. The highest BCUT2D eigenvalue weighted by atomic mass is 16.5. The molecule has 0 bridgehead atoms. The molecule has 0 atom stereocenters. The molecule has 8 heteroatoms. The summed E-state index contributed by atoms with van der Waals surface area (Å²) in [6.07, 6.45) is 1.28. The van der Waals surface area contributed by atoms with Gasteiger partial charge in [0.05, 0.1) is 33.3 Å². The Morgan fingerprint density at radius 1 is 0.944 bits per heavy atom. The number of nitrogens with zero attached hydrogens (tertiary/aromatic N) is 2. The number of carbonyl (C=O) groups is 2. The first kappa shape index (κ1) is 26.7. The highest BCUT2D eigenvalue weighted by molar-refractivity contribution is 6.02. The molecule has 0 aliphatic carbocycles. The molecule has 3 aromatic rings. The van der Waals surface area contributed by atoms with Crippen molar-refractivity contribution < 1.29 is 23.8 Å². The van der Waals surface area contributed by atoms with Crippen molar-refractivity contribution in [2.45, 2.75) is 32.7 Å². The average Bonchev–Trinajstić information content (AvgIpc) is 3.16. The minimum atomic E-state index is -0.497. The summed E-state index contributed by atoms with van der Waals surface area (Å²) in [5.74, 6) is 0.513. The van der Waals surface area contributed by atoms with Crippen molar-refractivity contribution in [3.8, 4) is 22.6 Å². The second-order valence-corrected chi connectivity index (χ2v) is 8.75. The second kappa shape index (κ2) is 11.7. The molecule has 1 amide bonds. The van der Waals surface area contributed by atoms with Crippen molar-refractivity contribution in [3.63, 3.8) is 0 Å². The van der Waals surface area contributed by atoms with Gasteiger partial charge in [-0.1, -0.05) is 18.2 Å². The second-order valence-electron chi connectivity index (χ2n) is 8.75. The van der Waals surface area contributed by atoms with E-state index in [9.17, 15) is 9.59 Å². The number of amides is 1. The number of hydrogen-bond acceptors (Lipinski definition) is 6. The van der Waals surface area contributed by atoms with Gasteiger partial charge in [-0.25, -0.2) is 0 Å². The zero-order valence-electron chi connectivity index (χ0n) is 21.9. The highest BCUT2D eigenvalue weighted by Gasteiger charge is 2.25. The molecule has 1 aromatic heterocycles. The fourth-order valence-corrected chi connectivity index (χ4v) is 4.50. The van der Waals surface area contributed by atoms with Crippen molar-refractivity contribution in [2.75, 3.05) is 40.3 Å². The zero-order chi connectivity index (χ0) is 26.4. The third-order valence-electron chi connectivity index (χ3n) is 6.42. The van der Waals surface area contributed by atoms with Crippen molar-refractivity contribution in [1.29, 1.82) is 0 Å². The van der Waals surface area contributed by atoms with Crippen molar-refractivity contribution in [1.82, 2.24) is 4.57 Å². The van der Waals surface area contributed by atoms with E-state index < -0.39 is 5.91 Å². The van der Waals surface area contributed by atoms with Gasteiger partial charge in [-0.15, -0.1) is 0 Å². The largest absolute Gasteiger partial charge is 0.493 e. The molecule has 3 rings (SSSR count). The number of aryl methyl sites for hydroxylation is 1. The van der Waals surface area contributed by atoms with E-state index in [1.165, 1.54) is 7.11 Å². The number of esters is 1. The topological polar surface area (TPSA) is 96.0 Å². The molecule has 8 nitrogen and oxygen atoms in total. The number of benzene rings is 2. The number of rotatable bonds is 11. The van der Waals surface area contributed by atoms with Crippen LogP contribution in [-0.2, 0) is 28.9 Å². The fraction of sp³-hybridized carbons (Fsp3) is 0.357. The Morgan fingerprint density at radius 3 is 2.17 bits per heavy atom. The van der Waals surface area contributed by atoms with Crippen molar-refractivity contribution in [2.24, 2.45) is 5.73 Å². The summed E-state index contributed by atoms with van der Waals surface area (Å²) >= 11 is 0. The molecule has 0 aliphatic rings. The number of hydrogen-bond donors (Lipinski definition) is 1. The van der Waals surface area contributed by atoms with Crippen molar-refractivity contribution in [3.05, 3.63) is 65.0 Å². The van der Waals surface area contributed by atoms with Crippen LogP contribution in [0.4, 0.5) is 5.69 Å². The first-order valence-corrected chi connectivity index (χ1v) is 11.8. The van der Waals surface area contributed by atoms with E-state index in [0.717, 1.165) is 33.8 Å². The number of methoxy groups -OCH3 is 3. The maximum Gasteiger partial charge on any atom is 0.305 e. The molecule has 0 spiro atoms. The van der Waals surface area contributed by atoms with Crippen LogP contribution in [0, 0.1) is 6.92 Å². The molecule has 0 aliphatic heterocycles. The summed E-state index contributed by atoms with van der Waals surface area (Å²) in [6.45, 7) is 2.49. The summed E-state index contributed by atoms with van der Waals surface area (Å²) in [4.78, 5) is 26.7. The number of nitrogens with two attached hydrogens (primary N) is 1. The van der Waals surface area contributed by atoms with Crippen LogP contribution in [0.15, 0.2) is 42.5 Å². The number of carbonyl (C=O) groups excluding carboxylic acids is 2. The number of ether oxygens (including phenoxy) is 3. The van der Waals surface area contributed by atoms with Gasteiger partial charge in [0, 0.05) is 43.3 Å². The van der Waals surface area contributed by atoms with Crippen LogP contribution < -0.4 is 20.1 Å². The van der Waals surface area contributed by atoms with Crippen LogP contribution in [0.2, 0.25) is 0 Å². The van der Waals surface area contributed by atoms with E-state index in [1.807, 2.05) is 68.4 Å². The molecule has 0 radical (unpaired) electrons. The Hall–Kier alpha value is -3.94. The van der Waals surface area contributed by atoms with Gasteiger partial charge >= 0.3 is 5.97 Å². The highest BCUT2D eigenvalue weighted by Crippen LogP contribution is 2.35. The summed E-state index contributed by atoms with van der Waals surface area (Å²) in [7, 11) is 8.53. The van der Waals surface area contributed by atoms with Gasteiger partial charge in [-0.2, -0.15) is 0 Å². The van der Waals surface area contributed by atoms with Crippen LogP contribution in [0.3, 0.4) is 0 Å². The lowest BCUT2D eigenvalue weighted by atomic mass is 9.97. The third kappa shape index (κ3) is 5.64. The quantitative estimate of drug-likeness (QED) is 0.406. The van der Waals surface area contributed by atoms with Crippen LogP contribution in [0.1, 0.15) is 33.7 Å². The Balaban J connectivity index is 2.09. The number of aromatic nitrogens is 1. The molecule has 0 saturated heterocycles. The maximum absolute atomic E-state index is 12.7. The Morgan fingerprint density at radius 2 is 1.61 bits per heavy atom. The molecule has 0 saturated carbocycles. The zero-order valence-corrected chi connectivity index (χ0v) is 21.9. The van der Waals surface area contributed by atoms with E-state index in [2.05, 4.69) is 4.57 Å². The van der Waals surface area contributed by atoms with Gasteiger partial charge in [0.25, 0.3) is 5.91 Å². The predicted molar refractivity (Wildman–Crippen MR) is 141 cm³/mol. The van der Waals surface area contributed by atoms with Crippen molar-refractivity contribution >= 4 is 17.6 Å². The van der Waals surface area contributed by atoms with Crippen LogP contribution >= 0.6 is 0 Å². The lowest BCUT2D eigenvalue weighted by molar-refractivity contribution is -0.140. The summed E-state index contributed by atoms with van der Waals surface area (Å²) in [5, 5.41) is 0. The fourth-order valence-electron chi connectivity index (χ4n) is 4.50. The van der Waals surface area contributed by atoms with Gasteiger partial charge in [-0.05, 0) is 55.2 Å². The molecular formula is C28H35N3O5. The molecular weight excluding hydrogens is 458 g/mol. The normalized spacial score (nSPS) is 10.7. The van der Waals surface area contributed by atoms with Gasteiger partial charge in [0.1, 0.15) is 0 Å². The number of anilines is 1. The summed E-state index contributed by atoms with van der Waals surface area (Å²) < 4.78 is 17.8. The minimum Gasteiger partial charge on any atom is -0.493 e. The molecule has 2 N–H and O–H groups in total. The Labute approximate surface area is 212 Å². The van der Waals surface area contributed by atoms with E-state index in [0.29, 0.717) is 36.4 Å². The van der Waals surface area contributed by atoms with Crippen LogP contribution in [-0.4, -0.2) is 51.9 Å². The first-order chi connectivity index (χ1) is 17.2. The average molecular weight is 494 g/mol. The van der Waals surface area contributed by atoms with Crippen LogP contribution in [0.5, 0.6) is 11.5 Å². The number of primary amides is 1. The van der Waals surface area contributed by atoms with E-state index in [-0.39, 0.29) is 12.4 Å². The Bertz CT molecular complexity index is 1230. The first-order valence-electron chi connectivity index (χ1n) is 11.8. The van der Waals surface area contributed by atoms with E-state index >= 15 is 0 Å². The van der Waals surface area contributed by atoms with Gasteiger partial charge in [-0.3, -0.25) is 9.59 Å². The molecule has 0 fully saturated rings. The SMILES string of the molecule is COC(=O)CCc1c(-c2ccc(N(C)C)cc2)c(C(N)=O)c(C)n1CCc1ccc(OC)c(OC)c1. The minimum absolute atomic E-state index is 0.192. The maximum atomic E-state index is 12.7. The van der Waals surface area contributed by atoms with E-state index in [4.69, 9.17) is 19.9 Å². The standard InChI is InChI=1S/C28H35N3O5/c1-18-26(28(29)33)27(20-8-10-21(11-9-20)30(2)3)22(12-14-25(32)36-6)31(18)16-15-19-7-13-23(34-4)24(17-19)35-5/h7-11,13,17H,12,14-16H2,1-6H3,(H2,29,33). The lowest BCUT2D eigenvalue weighted by Crippen LogP contribution is -2.14. The van der Waals surface area contributed by atoms with Gasteiger partial charge in [0.2, 0.25) is 0 Å². The molecule has 2 aromatic carbocycles. The van der Waals surface area contributed by atoms with Crippen LogP contribution in [0.25, 0.3) is 11.1 Å². The summed E-state index contributed by atoms with van der Waals surface area (Å²) in [6, 6.07) is 13.8. The summed E-state index contributed by atoms with van der Waals surface area (Å²) in [5.41, 5.74) is 11.8. The molecule has 36 heavy (non-hydrogen) atoms. The molecule has 1 heterocycles. The van der Waals surface area contributed by atoms with E-state index in [1.54, 1.807) is 14.2 Å². The lowest BCUT2D eigenvalue weighted by Gasteiger charge is -2.15. The molecule has 192 valence electrons. The molecule has 0 unspecified atom stereocenters. The third-order valence-corrected chi connectivity index (χ3v) is 6.42. The predicted octanol–water partition coefficient (Wildman–Crippen LogP) is 3.99. The monoisotopic (exact) mass is 493 g/mol. The van der Waals surface area contributed by atoms with Gasteiger partial charge < -0.3 is 29.4 Å². The smallest absolute Gasteiger partial charge is 0.305 e.